The van der Waals surface area contributed by atoms with Crippen molar-refractivity contribution in [1.82, 2.24) is 14.9 Å². The number of nitrogens with one attached hydrogen (secondary N) is 1. The summed E-state index contributed by atoms with van der Waals surface area (Å²) in [5, 5.41) is 3.37. The van der Waals surface area contributed by atoms with Crippen LogP contribution in [-0.2, 0) is 10.3 Å². The summed E-state index contributed by atoms with van der Waals surface area (Å²) >= 11 is 0. The second-order valence-corrected chi connectivity index (χ2v) is 5.10. The molecule has 1 unspecified atom stereocenters. The first-order chi connectivity index (χ1) is 7.80. The topological polar surface area (TPSA) is 39.1 Å². The third kappa shape index (κ3) is 1.57. The number of hydrogen-bond acceptors (Lipinski definition) is 3. The maximum Gasteiger partial charge on any atom is 0.111 e. The zero-order valence-corrected chi connectivity index (χ0v) is 9.78. The molecule has 0 bridgehead atoms. The molecule has 16 heavy (non-hydrogen) atoms. The Labute approximate surface area is 96.0 Å². The Kier molecular flexibility index (Phi) is 2.48. The molecule has 0 spiro atoms. The van der Waals surface area contributed by atoms with Gasteiger partial charge in [0.05, 0.1) is 24.8 Å². The second-order valence-electron chi connectivity index (χ2n) is 5.10. The number of hydrogen-bond donors (Lipinski definition) is 1. The highest BCUT2D eigenvalue weighted by molar-refractivity contribution is 5.10. The average Bonchev–Trinajstić information content (AvgIpc) is 2.76. The van der Waals surface area contributed by atoms with E-state index in [9.17, 15) is 0 Å². The van der Waals surface area contributed by atoms with Gasteiger partial charge in [-0.15, -0.1) is 0 Å². The average molecular weight is 221 g/mol. The number of nitrogens with zero attached hydrogens (tertiary/aromatic N) is 2. The fraction of sp³-hybridized carbons (Fsp3) is 0.750. The monoisotopic (exact) mass is 221 g/mol. The first-order valence-corrected chi connectivity index (χ1v) is 6.15. The van der Waals surface area contributed by atoms with Crippen LogP contribution in [0.4, 0.5) is 0 Å². The van der Waals surface area contributed by atoms with Gasteiger partial charge >= 0.3 is 0 Å². The van der Waals surface area contributed by atoms with Crippen LogP contribution in [-0.4, -0.2) is 29.2 Å². The van der Waals surface area contributed by atoms with Crippen LogP contribution in [0.1, 0.15) is 38.0 Å². The van der Waals surface area contributed by atoms with Crippen LogP contribution in [0.3, 0.4) is 0 Å². The summed E-state index contributed by atoms with van der Waals surface area (Å²) in [6.07, 6.45) is 7.95. The van der Waals surface area contributed by atoms with E-state index in [1.807, 2.05) is 12.5 Å². The molecule has 0 radical (unpaired) electrons. The molecule has 1 aliphatic carbocycles. The zero-order chi connectivity index (χ0) is 11.0. The van der Waals surface area contributed by atoms with Gasteiger partial charge in [0.25, 0.3) is 0 Å². The fourth-order valence-corrected chi connectivity index (χ4v) is 2.68. The van der Waals surface area contributed by atoms with Crippen molar-refractivity contribution < 1.29 is 4.74 Å². The van der Waals surface area contributed by atoms with Crippen LogP contribution in [0, 0.1) is 0 Å². The number of ether oxygens (including phenoxy) is 1. The minimum absolute atomic E-state index is 0.175. The van der Waals surface area contributed by atoms with Crippen LogP contribution in [0.5, 0.6) is 0 Å². The van der Waals surface area contributed by atoms with Crippen molar-refractivity contribution in [2.75, 3.05) is 19.7 Å². The Morgan fingerprint density at radius 1 is 1.56 bits per heavy atom. The molecule has 4 nitrogen and oxygen atoms in total. The van der Waals surface area contributed by atoms with Crippen molar-refractivity contribution in [2.45, 2.75) is 37.8 Å². The lowest BCUT2D eigenvalue weighted by molar-refractivity contribution is 0.0164. The lowest BCUT2D eigenvalue weighted by atomic mass is 9.78. The van der Waals surface area contributed by atoms with Crippen LogP contribution in [0.2, 0.25) is 0 Å². The van der Waals surface area contributed by atoms with Crippen molar-refractivity contribution in [3.8, 4) is 0 Å². The molecule has 0 amide bonds. The van der Waals surface area contributed by atoms with E-state index in [0.29, 0.717) is 0 Å². The molecule has 4 heteroatoms. The van der Waals surface area contributed by atoms with Gasteiger partial charge in [-0.05, 0) is 26.2 Å². The van der Waals surface area contributed by atoms with Gasteiger partial charge in [-0.3, -0.25) is 0 Å². The first kappa shape index (κ1) is 10.3. The smallest absolute Gasteiger partial charge is 0.111 e. The maximum absolute atomic E-state index is 5.80. The third-order valence-corrected chi connectivity index (χ3v) is 3.94. The van der Waals surface area contributed by atoms with Gasteiger partial charge in [-0.2, -0.15) is 0 Å². The number of morpholine rings is 1. The summed E-state index contributed by atoms with van der Waals surface area (Å²) in [5.41, 5.74) is 1.52. The van der Waals surface area contributed by atoms with E-state index in [1.54, 1.807) is 0 Å². The second kappa shape index (κ2) is 3.86. The van der Waals surface area contributed by atoms with Gasteiger partial charge < -0.3 is 14.6 Å². The van der Waals surface area contributed by atoms with Gasteiger partial charge in [0.15, 0.2) is 0 Å². The summed E-state index contributed by atoms with van der Waals surface area (Å²) < 4.78 is 8.13. The van der Waals surface area contributed by atoms with Gasteiger partial charge in [0.2, 0.25) is 0 Å². The third-order valence-electron chi connectivity index (χ3n) is 3.94. The Morgan fingerprint density at radius 3 is 3.06 bits per heavy atom. The van der Waals surface area contributed by atoms with Crippen LogP contribution < -0.4 is 5.32 Å². The number of rotatable bonds is 2. The predicted molar refractivity (Wildman–Crippen MR) is 61.3 cm³/mol. The lowest BCUT2D eigenvalue weighted by Gasteiger charge is -2.42. The van der Waals surface area contributed by atoms with Gasteiger partial charge in [0, 0.05) is 18.6 Å². The molecular formula is C12H19N3O. The summed E-state index contributed by atoms with van der Waals surface area (Å²) in [6.45, 7) is 4.98. The van der Waals surface area contributed by atoms with E-state index in [-0.39, 0.29) is 11.6 Å². The van der Waals surface area contributed by atoms with Gasteiger partial charge in [-0.25, -0.2) is 4.98 Å². The fourth-order valence-electron chi connectivity index (χ4n) is 2.68. The largest absolute Gasteiger partial charge is 0.369 e. The lowest BCUT2D eigenvalue weighted by Crippen LogP contribution is -2.41. The van der Waals surface area contributed by atoms with Crippen molar-refractivity contribution in [3.05, 3.63) is 18.2 Å². The SMILES string of the molecule is CC1(n2cncc2C2CNCCO2)CCC1. The molecule has 1 aromatic rings. The molecular weight excluding hydrogens is 202 g/mol. The summed E-state index contributed by atoms with van der Waals surface area (Å²) in [4.78, 5) is 4.30. The van der Waals surface area contributed by atoms with Crippen LogP contribution in [0.25, 0.3) is 0 Å². The highest BCUT2D eigenvalue weighted by Crippen LogP contribution is 2.40. The minimum atomic E-state index is 0.175. The van der Waals surface area contributed by atoms with Crippen molar-refractivity contribution >= 4 is 0 Å². The molecule has 3 rings (SSSR count). The molecule has 1 N–H and O–H groups in total. The molecule has 1 saturated carbocycles. The highest BCUT2D eigenvalue weighted by atomic mass is 16.5. The Balaban J connectivity index is 1.86. The minimum Gasteiger partial charge on any atom is -0.369 e. The maximum atomic E-state index is 5.80. The number of imidazole rings is 1. The van der Waals surface area contributed by atoms with E-state index in [0.717, 1.165) is 19.7 Å². The van der Waals surface area contributed by atoms with E-state index >= 15 is 0 Å². The van der Waals surface area contributed by atoms with Gasteiger partial charge in [-0.1, -0.05) is 0 Å². The van der Waals surface area contributed by atoms with Crippen LogP contribution >= 0.6 is 0 Å². The Bertz CT molecular complexity index is 364. The van der Waals surface area contributed by atoms with E-state index in [1.165, 1.54) is 25.0 Å². The van der Waals surface area contributed by atoms with Crippen molar-refractivity contribution in [2.24, 2.45) is 0 Å². The molecule has 88 valence electrons. The predicted octanol–water partition coefficient (Wildman–Crippen LogP) is 1.44. The molecule has 1 atom stereocenters. The van der Waals surface area contributed by atoms with E-state index < -0.39 is 0 Å². The molecule has 2 heterocycles. The van der Waals surface area contributed by atoms with Crippen molar-refractivity contribution in [3.63, 3.8) is 0 Å². The van der Waals surface area contributed by atoms with Gasteiger partial charge in [0.1, 0.15) is 6.10 Å². The summed E-state index contributed by atoms with van der Waals surface area (Å²) in [7, 11) is 0. The standard InChI is InChI=1S/C12H19N3O/c1-12(3-2-4-12)15-9-14-7-10(15)11-8-13-5-6-16-11/h7,9,11,13H,2-6,8H2,1H3. The highest BCUT2D eigenvalue weighted by Gasteiger charge is 2.36. The van der Waals surface area contributed by atoms with Crippen molar-refractivity contribution in [1.29, 1.82) is 0 Å². The summed E-state index contributed by atoms with van der Waals surface area (Å²) in [6, 6.07) is 0. The Hall–Kier alpha value is -0.870. The molecule has 1 saturated heterocycles. The molecule has 2 aliphatic rings. The normalized spacial score (nSPS) is 28.7. The number of aromatic nitrogens is 2. The van der Waals surface area contributed by atoms with E-state index in [4.69, 9.17) is 4.74 Å². The first-order valence-electron chi connectivity index (χ1n) is 6.15. The Morgan fingerprint density at radius 2 is 2.44 bits per heavy atom. The molecule has 0 aromatic carbocycles. The zero-order valence-electron chi connectivity index (χ0n) is 9.78. The molecule has 1 aromatic heterocycles. The van der Waals surface area contributed by atoms with Crippen LogP contribution in [0.15, 0.2) is 12.5 Å². The van der Waals surface area contributed by atoms with E-state index in [2.05, 4.69) is 21.8 Å². The molecule has 2 fully saturated rings. The quantitative estimate of drug-likeness (QED) is 0.821. The molecule has 1 aliphatic heterocycles. The summed E-state index contributed by atoms with van der Waals surface area (Å²) in [5.74, 6) is 0.